The van der Waals surface area contributed by atoms with Gasteiger partial charge in [-0.05, 0) is 47.9 Å². The Balaban J connectivity index is 1.45. The van der Waals surface area contributed by atoms with Crippen LogP contribution in [-0.2, 0) is 11.3 Å². The molecule has 0 saturated heterocycles. The van der Waals surface area contributed by atoms with Crippen LogP contribution < -0.4 is 16.0 Å². The van der Waals surface area contributed by atoms with Gasteiger partial charge in [0.25, 0.3) is 0 Å². The predicted octanol–water partition coefficient (Wildman–Crippen LogP) is 3.12. The molecule has 8 heteroatoms. The van der Waals surface area contributed by atoms with E-state index in [4.69, 9.17) is 0 Å². The van der Waals surface area contributed by atoms with Crippen molar-refractivity contribution in [2.45, 2.75) is 23.9 Å². The van der Waals surface area contributed by atoms with E-state index in [1.54, 1.807) is 30.0 Å². The molecule has 3 amide bonds. The van der Waals surface area contributed by atoms with E-state index < -0.39 is 6.03 Å². The molecular formula is C19H19F2N3O2S. The van der Waals surface area contributed by atoms with Crippen LogP contribution in [0.4, 0.5) is 13.6 Å². The topological polar surface area (TPSA) is 70.2 Å². The average Bonchev–Trinajstić information content (AvgIpc) is 2.66. The minimum absolute atomic E-state index is 0.191. The first-order valence-electron chi connectivity index (χ1n) is 8.49. The number of fused-ring (bicyclic) bond motifs is 1. The molecule has 2 aromatic carbocycles. The van der Waals surface area contributed by atoms with Gasteiger partial charge in [0.15, 0.2) is 0 Å². The summed E-state index contributed by atoms with van der Waals surface area (Å²) in [5, 5.41) is 7.90. The van der Waals surface area contributed by atoms with E-state index in [0.717, 1.165) is 21.8 Å². The van der Waals surface area contributed by atoms with Gasteiger partial charge in [-0.2, -0.15) is 0 Å². The number of carbonyl (C=O) groups excluding carboxylic acids is 2. The molecule has 27 heavy (non-hydrogen) atoms. The Bertz CT molecular complexity index is 830. The minimum Gasteiger partial charge on any atom is -0.348 e. The summed E-state index contributed by atoms with van der Waals surface area (Å²) in [6, 6.07) is 9.55. The Hall–Kier alpha value is -2.61. The van der Waals surface area contributed by atoms with Gasteiger partial charge < -0.3 is 16.0 Å². The summed E-state index contributed by atoms with van der Waals surface area (Å²) in [6.45, 7) is 0.0315. The highest BCUT2D eigenvalue weighted by Crippen LogP contribution is 2.36. The van der Waals surface area contributed by atoms with Crippen LogP contribution in [0.3, 0.4) is 0 Å². The summed E-state index contributed by atoms with van der Waals surface area (Å²) < 4.78 is 26.3. The van der Waals surface area contributed by atoms with E-state index in [1.165, 1.54) is 24.3 Å². The Morgan fingerprint density at radius 3 is 2.56 bits per heavy atom. The Kier molecular flexibility index (Phi) is 6.28. The normalized spacial score (nSPS) is 15.6. The number of hydrogen-bond donors (Lipinski definition) is 3. The van der Waals surface area contributed by atoms with Crippen molar-refractivity contribution in [1.29, 1.82) is 0 Å². The fourth-order valence-electron chi connectivity index (χ4n) is 2.77. The van der Waals surface area contributed by atoms with E-state index >= 15 is 0 Å². The minimum atomic E-state index is -0.500. The Labute approximate surface area is 159 Å². The first-order valence-corrected chi connectivity index (χ1v) is 9.47. The zero-order chi connectivity index (χ0) is 19.2. The number of rotatable bonds is 5. The first kappa shape index (κ1) is 19.2. The smallest absolute Gasteiger partial charge is 0.315 e. The largest absolute Gasteiger partial charge is 0.348 e. The predicted molar refractivity (Wildman–Crippen MR) is 99.3 cm³/mol. The molecule has 1 atom stereocenters. The van der Waals surface area contributed by atoms with E-state index in [9.17, 15) is 18.4 Å². The third-order valence-electron chi connectivity index (χ3n) is 4.12. The molecule has 2 aromatic rings. The van der Waals surface area contributed by atoms with Crippen molar-refractivity contribution in [1.82, 2.24) is 16.0 Å². The average molecular weight is 391 g/mol. The molecule has 1 aliphatic heterocycles. The van der Waals surface area contributed by atoms with Gasteiger partial charge in [-0.3, -0.25) is 4.79 Å². The lowest BCUT2D eigenvalue weighted by Gasteiger charge is -2.26. The van der Waals surface area contributed by atoms with E-state index in [1.807, 2.05) is 0 Å². The molecular weight excluding hydrogens is 372 g/mol. The van der Waals surface area contributed by atoms with Crippen LogP contribution in [0.1, 0.15) is 23.6 Å². The van der Waals surface area contributed by atoms with Crippen LogP contribution in [0.15, 0.2) is 47.4 Å². The molecule has 142 valence electrons. The summed E-state index contributed by atoms with van der Waals surface area (Å²) in [5.41, 5.74) is 1.51. The number of urea groups is 1. The van der Waals surface area contributed by atoms with Gasteiger partial charge in [0.2, 0.25) is 5.91 Å². The molecule has 1 heterocycles. The molecule has 0 spiro atoms. The summed E-state index contributed by atoms with van der Waals surface area (Å²) in [4.78, 5) is 24.9. The van der Waals surface area contributed by atoms with Gasteiger partial charge in [-0.25, -0.2) is 13.6 Å². The number of nitrogens with one attached hydrogen (secondary N) is 3. The highest BCUT2D eigenvalue weighted by atomic mass is 32.2. The number of thioether (sulfide) groups is 1. The zero-order valence-corrected chi connectivity index (χ0v) is 15.2. The number of halogens is 2. The molecule has 0 fully saturated rings. The van der Waals surface area contributed by atoms with Gasteiger partial charge in [-0.1, -0.05) is 12.1 Å². The highest BCUT2D eigenvalue weighted by molar-refractivity contribution is 7.99. The third kappa shape index (κ3) is 5.43. The van der Waals surface area contributed by atoms with E-state index in [-0.39, 0.29) is 36.7 Å². The van der Waals surface area contributed by atoms with E-state index in [0.29, 0.717) is 6.42 Å². The molecule has 0 aliphatic carbocycles. The number of amides is 3. The second-order valence-electron chi connectivity index (χ2n) is 6.10. The SMILES string of the molecule is O=C(CNC(=O)NCc1ccc(F)cc1)NC1CCSc2ccc(F)cc21. The lowest BCUT2D eigenvalue weighted by Crippen LogP contribution is -2.43. The third-order valence-corrected chi connectivity index (χ3v) is 5.25. The highest BCUT2D eigenvalue weighted by Gasteiger charge is 2.23. The first-order chi connectivity index (χ1) is 13.0. The van der Waals surface area contributed by atoms with Crippen molar-refractivity contribution in [3.63, 3.8) is 0 Å². The second-order valence-corrected chi connectivity index (χ2v) is 7.24. The molecule has 0 saturated carbocycles. The Morgan fingerprint density at radius 1 is 1.04 bits per heavy atom. The lowest BCUT2D eigenvalue weighted by atomic mass is 10.0. The standard InChI is InChI=1S/C19H19F2N3O2S/c20-13-3-1-12(2-4-13)10-22-19(26)23-11-18(25)24-16-7-8-27-17-6-5-14(21)9-15(16)17/h1-6,9,16H,7-8,10-11H2,(H,24,25)(H2,22,23,26). The Morgan fingerprint density at radius 2 is 1.78 bits per heavy atom. The molecule has 5 nitrogen and oxygen atoms in total. The van der Waals surface area contributed by atoms with Crippen molar-refractivity contribution in [2.75, 3.05) is 12.3 Å². The van der Waals surface area contributed by atoms with Crippen LogP contribution in [0.5, 0.6) is 0 Å². The van der Waals surface area contributed by atoms with Crippen LogP contribution >= 0.6 is 11.8 Å². The maximum Gasteiger partial charge on any atom is 0.315 e. The fraction of sp³-hybridized carbons (Fsp3) is 0.263. The molecule has 1 unspecified atom stereocenters. The maximum atomic E-state index is 13.5. The van der Waals surface area contributed by atoms with Crippen molar-refractivity contribution in [2.24, 2.45) is 0 Å². The number of carbonyl (C=O) groups is 2. The van der Waals surface area contributed by atoms with Crippen molar-refractivity contribution in [3.05, 3.63) is 65.2 Å². The quantitative estimate of drug-likeness (QED) is 0.734. The van der Waals surface area contributed by atoms with Gasteiger partial charge in [0.1, 0.15) is 11.6 Å². The fourth-order valence-corrected chi connectivity index (χ4v) is 3.87. The van der Waals surface area contributed by atoms with Crippen molar-refractivity contribution in [3.8, 4) is 0 Å². The van der Waals surface area contributed by atoms with E-state index in [2.05, 4.69) is 16.0 Å². The summed E-state index contributed by atoms with van der Waals surface area (Å²) in [7, 11) is 0. The van der Waals surface area contributed by atoms with Crippen LogP contribution in [-0.4, -0.2) is 24.2 Å². The lowest BCUT2D eigenvalue weighted by molar-refractivity contribution is -0.120. The maximum absolute atomic E-state index is 13.5. The van der Waals surface area contributed by atoms with Gasteiger partial charge in [0.05, 0.1) is 12.6 Å². The van der Waals surface area contributed by atoms with Crippen molar-refractivity contribution < 1.29 is 18.4 Å². The van der Waals surface area contributed by atoms with Gasteiger partial charge >= 0.3 is 6.03 Å². The summed E-state index contributed by atoms with van der Waals surface area (Å²) in [5.74, 6) is -0.204. The van der Waals surface area contributed by atoms with Gasteiger partial charge in [0, 0.05) is 17.2 Å². The zero-order valence-electron chi connectivity index (χ0n) is 14.4. The molecule has 0 bridgehead atoms. The monoisotopic (exact) mass is 391 g/mol. The molecule has 0 aromatic heterocycles. The number of benzene rings is 2. The summed E-state index contributed by atoms with van der Waals surface area (Å²) >= 11 is 1.63. The van der Waals surface area contributed by atoms with Crippen LogP contribution in [0.25, 0.3) is 0 Å². The molecule has 3 rings (SSSR count). The molecule has 3 N–H and O–H groups in total. The molecule has 0 radical (unpaired) electrons. The summed E-state index contributed by atoms with van der Waals surface area (Å²) in [6.07, 6.45) is 0.698. The second kappa shape index (κ2) is 8.85. The van der Waals surface area contributed by atoms with Gasteiger partial charge in [-0.15, -0.1) is 11.8 Å². The van der Waals surface area contributed by atoms with Crippen molar-refractivity contribution >= 4 is 23.7 Å². The number of hydrogen-bond acceptors (Lipinski definition) is 3. The van der Waals surface area contributed by atoms with Crippen LogP contribution in [0, 0.1) is 11.6 Å². The van der Waals surface area contributed by atoms with Crippen LogP contribution in [0.2, 0.25) is 0 Å². The molecule has 1 aliphatic rings.